The highest BCUT2D eigenvalue weighted by Gasteiger charge is 2.51. The van der Waals surface area contributed by atoms with Crippen molar-refractivity contribution in [3.63, 3.8) is 0 Å². The monoisotopic (exact) mass is 888 g/mol. The zero-order chi connectivity index (χ0) is 44.6. The van der Waals surface area contributed by atoms with E-state index >= 15 is 0 Å². The number of benzene rings is 2. The average molecular weight is 889 g/mol. The number of hydrogen-bond donors (Lipinski definition) is 2. The summed E-state index contributed by atoms with van der Waals surface area (Å²) in [7, 11) is 1.70. The SMILES string of the molecule is COC=CC12CCC(c3ccc(-c4ccc(Nc5nnc(C6CCC6)o5)cn4)cc3)(CC1)OC2.O=CC12CCC(c3ccc(-c4ccc(Nc5nnc(C6CCC6)o5)cn4)cc3)(CC1)OC2. The molecule has 0 atom stereocenters. The first-order chi connectivity index (χ1) is 32.3. The van der Waals surface area contributed by atoms with Gasteiger partial charge in [-0.1, -0.05) is 71.6 Å². The summed E-state index contributed by atoms with van der Waals surface area (Å²) in [5, 5.41) is 22.8. The molecule has 2 N–H and O–H groups in total. The third kappa shape index (κ3) is 8.29. The molecule has 0 radical (unpaired) electrons. The molecular formula is C52H56N8O6. The number of carbonyl (C=O) groups is 1. The van der Waals surface area contributed by atoms with Crippen molar-refractivity contribution in [2.75, 3.05) is 31.0 Å². The minimum Gasteiger partial charge on any atom is -0.505 e. The number of anilines is 4. The van der Waals surface area contributed by atoms with E-state index in [9.17, 15) is 4.79 Å². The maximum absolute atomic E-state index is 11.4. The summed E-state index contributed by atoms with van der Waals surface area (Å²) in [4.78, 5) is 20.7. The van der Waals surface area contributed by atoms with Gasteiger partial charge in [-0.15, -0.1) is 10.2 Å². The van der Waals surface area contributed by atoms with Crippen LogP contribution >= 0.6 is 0 Å². The minimum atomic E-state index is -0.249. The zero-order valence-electron chi connectivity index (χ0n) is 37.4. The van der Waals surface area contributed by atoms with Crippen LogP contribution in [0.2, 0.25) is 0 Å². The van der Waals surface area contributed by atoms with Crippen LogP contribution in [0.1, 0.15) is 125 Å². The van der Waals surface area contributed by atoms with E-state index in [2.05, 4.69) is 95.6 Å². The molecule has 4 saturated carbocycles. The Hall–Kier alpha value is -6.25. The lowest BCUT2D eigenvalue weighted by Gasteiger charge is -2.52. The van der Waals surface area contributed by atoms with E-state index in [-0.39, 0.29) is 22.0 Å². The molecule has 2 aromatic carbocycles. The Morgan fingerprint density at radius 3 is 1.38 bits per heavy atom. The number of carbonyl (C=O) groups excluding carboxylic acids is 1. The van der Waals surface area contributed by atoms with Gasteiger partial charge in [0.05, 0.1) is 72.9 Å². The summed E-state index contributed by atoms with van der Waals surface area (Å²) < 4.78 is 29.3. The number of ether oxygens (including phenoxy) is 3. The second-order valence-electron chi connectivity index (χ2n) is 19.4. The van der Waals surface area contributed by atoms with Crippen molar-refractivity contribution in [2.45, 2.75) is 113 Å². The third-order valence-corrected chi connectivity index (χ3v) is 15.4. The van der Waals surface area contributed by atoms with Crippen LogP contribution in [-0.2, 0) is 30.2 Å². The molecule has 4 aliphatic heterocycles. The molecule has 340 valence electrons. The highest BCUT2D eigenvalue weighted by atomic mass is 16.5. The first kappa shape index (κ1) is 42.4. The van der Waals surface area contributed by atoms with Crippen LogP contribution in [0.15, 0.2) is 106 Å². The fourth-order valence-corrected chi connectivity index (χ4v) is 10.4. The first-order valence-corrected chi connectivity index (χ1v) is 23.6. The van der Waals surface area contributed by atoms with Crippen molar-refractivity contribution in [3.05, 3.63) is 120 Å². The van der Waals surface area contributed by atoms with Crippen molar-refractivity contribution in [2.24, 2.45) is 10.8 Å². The molecule has 6 aromatic rings. The van der Waals surface area contributed by atoms with Gasteiger partial charge in [0.15, 0.2) is 0 Å². The molecule has 4 saturated heterocycles. The zero-order valence-corrected chi connectivity index (χ0v) is 37.4. The van der Waals surface area contributed by atoms with Gasteiger partial charge in [-0.2, -0.15) is 0 Å². The largest absolute Gasteiger partial charge is 0.505 e. The van der Waals surface area contributed by atoms with Gasteiger partial charge in [0, 0.05) is 33.8 Å². The number of aldehydes is 1. The van der Waals surface area contributed by atoms with Gasteiger partial charge in [-0.05, 0) is 119 Å². The van der Waals surface area contributed by atoms with Gasteiger partial charge in [0.25, 0.3) is 0 Å². The lowest BCUT2D eigenvalue weighted by molar-refractivity contribution is -0.186. The standard InChI is InChI=1S/C27H30N4O3.C25H26N4O3/c1-32-16-15-26-11-13-27(14-12-26,33-18-26)21-7-5-19(6-8-21)23-10-9-22(17-28-23)29-25-31-30-24(34-25)20-3-2-4-20;30-15-24-10-12-25(13-11-24,31-16-24)19-6-4-17(5-7-19)21-9-8-20(14-26-21)27-23-29-28-22(32-23)18-2-1-3-18/h5-10,15-17,20H,2-4,11-14,18H2,1H3,(H,29,31);4-9,14-15,18H,1-3,10-13,16H2,(H,27,29). The Kier molecular flexibility index (Phi) is 11.3. The molecule has 0 amide bonds. The van der Waals surface area contributed by atoms with E-state index in [1.165, 1.54) is 24.0 Å². The molecule has 0 spiro atoms. The third-order valence-electron chi connectivity index (χ3n) is 15.4. The van der Waals surface area contributed by atoms with Gasteiger partial charge < -0.3 is 38.5 Å². The van der Waals surface area contributed by atoms with Gasteiger partial charge in [-0.25, -0.2) is 0 Å². The van der Waals surface area contributed by atoms with Crippen LogP contribution in [0.3, 0.4) is 0 Å². The van der Waals surface area contributed by atoms with E-state index in [1.807, 2.05) is 24.3 Å². The van der Waals surface area contributed by atoms with Crippen LogP contribution < -0.4 is 10.6 Å². The molecule has 14 nitrogen and oxygen atoms in total. The van der Waals surface area contributed by atoms with Crippen LogP contribution in [0.25, 0.3) is 22.5 Å². The number of nitrogens with one attached hydrogen (secondary N) is 2. The normalized spacial score (nSPS) is 26.8. The molecular weight excluding hydrogens is 833 g/mol. The van der Waals surface area contributed by atoms with Gasteiger partial charge in [0.1, 0.15) is 6.29 Å². The number of nitrogens with zero attached hydrogens (tertiary/aromatic N) is 6. The lowest BCUT2D eigenvalue weighted by atomic mass is 9.64. The van der Waals surface area contributed by atoms with E-state index in [4.69, 9.17) is 23.0 Å². The number of pyridine rings is 2. The number of fused-ring (bicyclic) bond motifs is 6. The Labute approximate surface area is 384 Å². The number of rotatable bonds is 13. The molecule has 66 heavy (non-hydrogen) atoms. The smallest absolute Gasteiger partial charge is 0.320 e. The topological polar surface area (TPSA) is 172 Å². The molecule has 4 aliphatic carbocycles. The van der Waals surface area contributed by atoms with Crippen molar-refractivity contribution >= 4 is 29.7 Å². The molecule has 4 aromatic heterocycles. The number of aromatic nitrogens is 6. The van der Waals surface area contributed by atoms with Crippen LogP contribution in [0.5, 0.6) is 0 Å². The Morgan fingerprint density at radius 1 is 0.576 bits per heavy atom. The highest BCUT2D eigenvalue weighted by Crippen LogP contribution is 2.55. The summed E-state index contributed by atoms with van der Waals surface area (Å²) >= 11 is 0. The molecule has 8 heterocycles. The van der Waals surface area contributed by atoms with Crippen molar-refractivity contribution in [1.29, 1.82) is 0 Å². The predicted octanol–water partition coefficient (Wildman–Crippen LogP) is 11.2. The Morgan fingerprint density at radius 2 is 1.03 bits per heavy atom. The molecule has 8 aliphatic rings. The summed E-state index contributed by atoms with van der Waals surface area (Å²) in [6.45, 7) is 1.29. The molecule has 4 bridgehead atoms. The molecule has 8 fully saturated rings. The van der Waals surface area contributed by atoms with E-state index in [1.54, 1.807) is 25.8 Å². The fourth-order valence-electron chi connectivity index (χ4n) is 10.4. The van der Waals surface area contributed by atoms with E-state index < -0.39 is 0 Å². The summed E-state index contributed by atoms with van der Waals surface area (Å²) in [5.74, 6) is 2.30. The highest BCUT2D eigenvalue weighted by molar-refractivity contribution is 5.65. The van der Waals surface area contributed by atoms with Gasteiger partial charge >= 0.3 is 12.0 Å². The maximum atomic E-state index is 11.4. The van der Waals surface area contributed by atoms with Gasteiger partial charge in [0.2, 0.25) is 11.8 Å². The van der Waals surface area contributed by atoms with Gasteiger partial charge in [-0.3, -0.25) is 9.97 Å². The summed E-state index contributed by atoms with van der Waals surface area (Å²) in [6, 6.07) is 25.9. The van der Waals surface area contributed by atoms with Crippen LogP contribution in [0.4, 0.5) is 23.4 Å². The second-order valence-corrected chi connectivity index (χ2v) is 19.4. The second kappa shape index (κ2) is 17.5. The summed E-state index contributed by atoms with van der Waals surface area (Å²) in [6.07, 6.45) is 23.7. The van der Waals surface area contributed by atoms with Crippen LogP contribution in [0, 0.1) is 10.8 Å². The van der Waals surface area contributed by atoms with Crippen LogP contribution in [-0.4, -0.2) is 57.0 Å². The minimum absolute atomic E-state index is 0.136. The number of methoxy groups -OCH3 is 1. The van der Waals surface area contributed by atoms with Crippen molar-refractivity contribution < 1.29 is 27.8 Å². The van der Waals surface area contributed by atoms with Crippen molar-refractivity contribution in [3.8, 4) is 22.5 Å². The Balaban J connectivity index is 0.000000146. The van der Waals surface area contributed by atoms with Crippen molar-refractivity contribution in [1.82, 2.24) is 30.4 Å². The first-order valence-electron chi connectivity index (χ1n) is 23.6. The molecule has 14 rings (SSSR count). The van der Waals surface area contributed by atoms with E-state index in [0.717, 1.165) is 136 Å². The predicted molar refractivity (Wildman–Crippen MR) is 247 cm³/mol. The maximum Gasteiger partial charge on any atom is 0.320 e. The Bertz CT molecular complexity index is 2600. The van der Waals surface area contributed by atoms with E-state index in [0.29, 0.717) is 30.5 Å². The average Bonchev–Trinajstić information content (AvgIpc) is 4.01. The fraction of sp³-hybridized carbons (Fsp3) is 0.442. The summed E-state index contributed by atoms with van der Waals surface area (Å²) in [5.41, 5.74) is 7.53. The lowest BCUT2D eigenvalue weighted by Crippen LogP contribution is -2.49. The quantitative estimate of drug-likeness (QED) is 0.0828. The number of hydrogen-bond acceptors (Lipinski definition) is 14. The molecule has 14 heteroatoms. The molecule has 0 unspecified atom stereocenters.